The smallest absolute Gasteiger partial charge is 0.315 e. The van der Waals surface area contributed by atoms with Gasteiger partial charge in [0.15, 0.2) is 0 Å². The average Bonchev–Trinajstić information content (AvgIpc) is 2.44. The number of hydrogen-bond acceptors (Lipinski definition) is 3. The van der Waals surface area contributed by atoms with Crippen molar-refractivity contribution in [3.63, 3.8) is 0 Å². The van der Waals surface area contributed by atoms with Crippen LogP contribution in [0, 0.1) is 6.92 Å². The Balaban J connectivity index is 2.39. The van der Waals surface area contributed by atoms with Gasteiger partial charge in [0, 0.05) is 12.2 Å². The molecule has 5 heteroatoms. The molecule has 0 aromatic carbocycles. The minimum absolute atomic E-state index is 0.274. The first-order valence-electron chi connectivity index (χ1n) is 7.65. The number of aliphatic hydroxyl groups is 1. The fraction of sp³-hybridized carbons (Fsp3) is 0.625. The van der Waals surface area contributed by atoms with Gasteiger partial charge in [0.25, 0.3) is 0 Å². The summed E-state index contributed by atoms with van der Waals surface area (Å²) < 4.78 is 0. The number of carbonyl (C=O) groups excluding carboxylic acids is 1. The average molecular weight is 293 g/mol. The molecule has 0 aliphatic carbocycles. The third kappa shape index (κ3) is 6.58. The molecule has 5 nitrogen and oxygen atoms in total. The lowest BCUT2D eigenvalue weighted by atomic mass is 9.93. The molecule has 0 saturated carbocycles. The molecule has 0 saturated heterocycles. The molecule has 3 N–H and O–H groups in total. The first kappa shape index (κ1) is 17.4. The third-order valence-corrected chi connectivity index (χ3v) is 3.38. The molecule has 0 bridgehead atoms. The highest BCUT2D eigenvalue weighted by atomic mass is 16.3. The zero-order chi connectivity index (χ0) is 15.7. The van der Waals surface area contributed by atoms with Crippen LogP contribution in [-0.2, 0) is 6.54 Å². The zero-order valence-electron chi connectivity index (χ0n) is 13.3. The summed E-state index contributed by atoms with van der Waals surface area (Å²) in [4.78, 5) is 16.1. The van der Waals surface area contributed by atoms with Gasteiger partial charge in [-0.15, -0.1) is 0 Å². The van der Waals surface area contributed by atoms with E-state index in [1.54, 1.807) is 0 Å². The maximum absolute atomic E-state index is 11.8. The van der Waals surface area contributed by atoms with Gasteiger partial charge in [0.2, 0.25) is 0 Å². The van der Waals surface area contributed by atoms with Gasteiger partial charge in [0.1, 0.15) is 0 Å². The van der Waals surface area contributed by atoms with E-state index in [1.165, 1.54) is 0 Å². The topological polar surface area (TPSA) is 74.2 Å². The molecular weight excluding hydrogens is 266 g/mol. The standard InChI is InChI=1S/C16H27N3O2/c1-4-9-16(21,10-5-2)12-18-15(20)17-11-14-8-6-7-13(3)19-14/h6-8,21H,4-5,9-12H2,1-3H3,(H2,17,18,20). The molecule has 2 amide bonds. The molecule has 0 atom stereocenters. The van der Waals surface area contributed by atoms with Crippen LogP contribution >= 0.6 is 0 Å². The lowest BCUT2D eigenvalue weighted by molar-refractivity contribution is 0.0241. The summed E-state index contributed by atoms with van der Waals surface area (Å²) in [6.45, 7) is 6.64. The number of amides is 2. The Morgan fingerprint density at radius 3 is 2.48 bits per heavy atom. The minimum atomic E-state index is -0.803. The van der Waals surface area contributed by atoms with Crippen LogP contribution in [0.4, 0.5) is 4.79 Å². The van der Waals surface area contributed by atoms with Gasteiger partial charge in [0.05, 0.1) is 17.8 Å². The first-order valence-corrected chi connectivity index (χ1v) is 7.65. The Morgan fingerprint density at radius 2 is 1.90 bits per heavy atom. The number of carbonyl (C=O) groups is 1. The van der Waals surface area contributed by atoms with Gasteiger partial charge in [-0.2, -0.15) is 0 Å². The summed E-state index contributed by atoms with van der Waals surface area (Å²) in [5.74, 6) is 0. The number of hydrogen-bond donors (Lipinski definition) is 3. The molecule has 1 aromatic heterocycles. The van der Waals surface area contributed by atoms with Crippen molar-refractivity contribution in [1.82, 2.24) is 15.6 Å². The number of nitrogens with one attached hydrogen (secondary N) is 2. The fourth-order valence-corrected chi connectivity index (χ4v) is 2.41. The summed E-state index contributed by atoms with van der Waals surface area (Å²) >= 11 is 0. The number of aryl methyl sites for hydroxylation is 1. The van der Waals surface area contributed by atoms with Crippen molar-refractivity contribution in [2.45, 2.75) is 58.6 Å². The second kappa shape index (κ2) is 8.62. The van der Waals surface area contributed by atoms with Crippen LogP contribution in [0.1, 0.15) is 50.9 Å². The van der Waals surface area contributed by atoms with E-state index >= 15 is 0 Å². The number of nitrogens with zero attached hydrogens (tertiary/aromatic N) is 1. The summed E-state index contributed by atoms with van der Waals surface area (Å²) in [6.07, 6.45) is 3.18. The SMILES string of the molecule is CCCC(O)(CCC)CNC(=O)NCc1cccc(C)n1. The summed E-state index contributed by atoms with van der Waals surface area (Å²) in [6, 6.07) is 5.43. The van der Waals surface area contributed by atoms with E-state index in [4.69, 9.17) is 0 Å². The highest BCUT2D eigenvalue weighted by Crippen LogP contribution is 2.18. The van der Waals surface area contributed by atoms with Crippen LogP contribution in [0.2, 0.25) is 0 Å². The predicted octanol–water partition coefficient (Wildman–Crippen LogP) is 2.52. The van der Waals surface area contributed by atoms with E-state index in [9.17, 15) is 9.90 Å². The molecule has 0 radical (unpaired) electrons. The van der Waals surface area contributed by atoms with Crippen LogP contribution < -0.4 is 10.6 Å². The van der Waals surface area contributed by atoms with Gasteiger partial charge >= 0.3 is 6.03 Å². The second-order valence-electron chi connectivity index (χ2n) is 5.53. The number of pyridine rings is 1. The lowest BCUT2D eigenvalue weighted by Crippen LogP contribution is -2.46. The molecule has 1 heterocycles. The van der Waals surface area contributed by atoms with Gasteiger partial charge in [-0.3, -0.25) is 4.98 Å². The van der Waals surface area contributed by atoms with Gasteiger partial charge in [-0.25, -0.2) is 4.79 Å². The molecule has 0 unspecified atom stereocenters. The van der Waals surface area contributed by atoms with Crippen molar-refractivity contribution >= 4 is 6.03 Å². The molecule has 0 fully saturated rings. The van der Waals surface area contributed by atoms with Crippen molar-refractivity contribution in [3.05, 3.63) is 29.6 Å². The minimum Gasteiger partial charge on any atom is -0.388 e. The Morgan fingerprint density at radius 1 is 1.24 bits per heavy atom. The molecule has 0 aliphatic rings. The molecule has 118 valence electrons. The Hall–Kier alpha value is -1.62. The lowest BCUT2D eigenvalue weighted by Gasteiger charge is -2.27. The van der Waals surface area contributed by atoms with E-state index < -0.39 is 5.60 Å². The van der Waals surface area contributed by atoms with Gasteiger partial charge in [-0.1, -0.05) is 32.8 Å². The Kier molecular flexibility index (Phi) is 7.15. The first-order chi connectivity index (χ1) is 9.99. The normalized spacial score (nSPS) is 11.2. The van der Waals surface area contributed by atoms with E-state index in [-0.39, 0.29) is 12.6 Å². The zero-order valence-corrected chi connectivity index (χ0v) is 13.3. The Bertz CT molecular complexity index is 443. The monoisotopic (exact) mass is 293 g/mol. The van der Waals surface area contributed by atoms with Crippen LogP contribution in [0.25, 0.3) is 0 Å². The summed E-state index contributed by atoms with van der Waals surface area (Å²) in [5, 5.41) is 15.9. The summed E-state index contributed by atoms with van der Waals surface area (Å²) in [5.41, 5.74) is 0.945. The van der Waals surface area contributed by atoms with Gasteiger partial charge in [-0.05, 0) is 31.9 Å². The largest absolute Gasteiger partial charge is 0.388 e. The maximum atomic E-state index is 11.8. The van der Waals surface area contributed by atoms with Crippen LogP contribution in [0.3, 0.4) is 0 Å². The highest BCUT2D eigenvalue weighted by Gasteiger charge is 2.25. The van der Waals surface area contributed by atoms with E-state index in [1.807, 2.05) is 39.0 Å². The van der Waals surface area contributed by atoms with E-state index in [2.05, 4.69) is 15.6 Å². The highest BCUT2D eigenvalue weighted by molar-refractivity contribution is 5.73. The van der Waals surface area contributed by atoms with Crippen molar-refractivity contribution < 1.29 is 9.90 Å². The molecule has 21 heavy (non-hydrogen) atoms. The molecule has 0 spiro atoms. The third-order valence-electron chi connectivity index (χ3n) is 3.38. The van der Waals surface area contributed by atoms with Crippen molar-refractivity contribution in [1.29, 1.82) is 0 Å². The van der Waals surface area contributed by atoms with E-state index in [0.29, 0.717) is 19.4 Å². The number of urea groups is 1. The van der Waals surface area contributed by atoms with Gasteiger partial charge < -0.3 is 15.7 Å². The van der Waals surface area contributed by atoms with E-state index in [0.717, 1.165) is 24.2 Å². The summed E-state index contributed by atoms with van der Waals surface area (Å²) in [7, 11) is 0. The predicted molar refractivity (Wildman–Crippen MR) is 84.0 cm³/mol. The van der Waals surface area contributed by atoms with Crippen molar-refractivity contribution in [3.8, 4) is 0 Å². The van der Waals surface area contributed by atoms with Crippen LogP contribution in [0.5, 0.6) is 0 Å². The second-order valence-corrected chi connectivity index (χ2v) is 5.53. The quantitative estimate of drug-likeness (QED) is 0.689. The molecule has 1 rings (SSSR count). The maximum Gasteiger partial charge on any atom is 0.315 e. The number of aromatic nitrogens is 1. The van der Waals surface area contributed by atoms with Crippen LogP contribution in [0.15, 0.2) is 18.2 Å². The Labute approximate surface area is 127 Å². The van der Waals surface area contributed by atoms with Crippen molar-refractivity contribution in [2.75, 3.05) is 6.54 Å². The fourth-order valence-electron chi connectivity index (χ4n) is 2.41. The molecule has 0 aliphatic heterocycles. The number of rotatable bonds is 8. The molecular formula is C16H27N3O2. The van der Waals surface area contributed by atoms with Crippen molar-refractivity contribution in [2.24, 2.45) is 0 Å². The molecule has 1 aromatic rings. The van der Waals surface area contributed by atoms with Crippen LogP contribution in [-0.4, -0.2) is 28.3 Å².